The van der Waals surface area contributed by atoms with Crippen LogP contribution in [0.2, 0.25) is 10.0 Å². The highest BCUT2D eigenvalue weighted by Gasteiger charge is 2.03. The summed E-state index contributed by atoms with van der Waals surface area (Å²) < 4.78 is 0. The number of guanidine groups is 1. The largest absolute Gasteiger partial charge is 0.357 e. The summed E-state index contributed by atoms with van der Waals surface area (Å²) in [4.78, 5) is 10.2. The fourth-order valence-electron chi connectivity index (χ4n) is 1.96. The molecule has 0 atom stereocenters. The van der Waals surface area contributed by atoms with Crippen LogP contribution < -0.4 is 10.6 Å². The maximum absolute atomic E-state index is 6.18. The van der Waals surface area contributed by atoms with Gasteiger partial charge in [0.15, 0.2) is 5.96 Å². The van der Waals surface area contributed by atoms with Crippen LogP contribution in [0.3, 0.4) is 0 Å². The summed E-state index contributed by atoms with van der Waals surface area (Å²) in [6, 6.07) is 5.46. The molecule has 0 aliphatic heterocycles. The van der Waals surface area contributed by atoms with E-state index in [2.05, 4.69) is 27.5 Å². The molecule has 1 aromatic carbocycles. The van der Waals surface area contributed by atoms with Gasteiger partial charge in [-0.3, -0.25) is 0 Å². The lowest BCUT2D eigenvalue weighted by molar-refractivity contribution is 0.796. The molecule has 1 aromatic heterocycles. The minimum atomic E-state index is 0.502. The molecule has 0 radical (unpaired) electrons. The SMILES string of the molecule is CCNC(=NCc1ccc(Cl)cc1Cl)NCCc1ncc(C)s1. The Labute approximate surface area is 151 Å². The third-order valence-corrected chi connectivity index (χ3v) is 4.63. The molecule has 2 rings (SSSR count). The highest BCUT2D eigenvalue weighted by Crippen LogP contribution is 2.21. The molecule has 0 saturated heterocycles. The van der Waals surface area contributed by atoms with E-state index in [-0.39, 0.29) is 0 Å². The number of nitrogens with zero attached hydrogens (tertiary/aromatic N) is 2. The molecule has 4 nitrogen and oxygen atoms in total. The van der Waals surface area contributed by atoms with Gasteiger partial charge in [-0.25, -0.2) is 9.98 Å². The van der Waals surface area contributed by atoms with Gasteiger partial charge in [0.25, 0.3) is 0 Å². The average molecular weight is 371 g/mol. The maximum atomic E-state index is 6.18. The van der Waals surface area contributed by atoms with Crippen molar-refractivity contribution in [3.05, 3.63) is 49.9 Å². The lowest BCUT2D eigenvalue weighted by Gasteiger charge is -2.11. The first-order chi connectivity index (χ1) is 11.1. The number of aryl methyl sites for hydroxylation is 1. The van der Waals surface area contributed by atoms with Crippen LogP contribution in [0.25, 0.3) is 0 Å². The molecule has 23 heavy (non-hydrogen) atoms. The van der Waals surface area contributed by atoms with Crippen molar-refractivity contribution in [1.29, 1.82) is 0 Å². The van der Waals surface area contributed by atoms with Crippen LogP contribution in [0.5, 0.6) is 0 Å². The van der Waals surface area contributed by atoms with E-state index in [1.54, 1.807) is 17.4 Å². The van der Waals surface area contributed by atoms with Crippen molar-refractivity contribution in [2.45, 2.75) is 26.8 Å². The van der Waals surface area contributed by atoms with Crippen LogP contribution in [-0.4, -0.2) is 24.0 Å². The molecular weight excluding hydrogens is 351 g/mol. The molecule has 0 aliphatic carbocycles. The van der Waals surface area contributed by atoms with Gasteiger partial charge in [0.1, 0.15) is 0 Å². The number of halogens is 2. The van der Waals surface area contributed by atoms with Crippen LogP contribution in [0.1, 0.15) is 22.4 Å². The summed E-state index contributed by atoms with van der Waals surface area (Å²) in [6.45, 7) is 6.19. The molecule has 0 bridgehead atoms. The van der Waals surface area contributed by atoms with Gasteiger partial charge in [0, 0.05) is 40.6 Å². The van der Waals surface area contributed by atoms with Gasteiger partial charge in [0.05, 0.1) is 11.6 Å². The number of nitrogens with one attached hydrogen (secondary N) is 2. The Balaban J connectivity index is 1.91. The first-order valence-corrected chi connectivity index (χ1v) is 9.03. The Morgan fingerprint density at radius 2 is 2.13 bits per heavy atom. The van der Waals surface area contributed by atoms with Crippen LogP contribution in [0.4, 0.5) is 0 Å². The minimum absolute atomic E-state index is 0.502. The van der Waals surface area contributed by atoms with Gasteiger partial charge < -0.3 is 10.6 Å². The van der Waals surface area contributed by atoms with E-state index in [9.17, 15) is 0 Å². The van der Waals surface area contributed by atoms with Crippen LogP contribution in [-0.2, 0) is 13.0 Å². The van der Waals surface area contributed by atoms with Gasteiger partial charge >= 0.3 is 0 Å². The molecular formula is C16H20Cl2N4S. The topological polar surface area (TPSA) is 49.3 Å². The number of rotatable bonds is 6. The summed E-state index contributed by atoms with van der Waals surface area (Å²) in [6.07, 6.45) is 2.78. The van der Waals surface area contributed by atoms with E-state index in [4.69, 9.17) is 23.2 Å². The van der Waals surface area contributed by atoms with Crippen LogP contribution >= 0.6 is 34.5 Å². The average Bonchev–Trinajstić information content (AvgIpc) is 2.91. The van der Waals surface area contributed by atoms with E-state index in [0.29, 0.717) is 16.6 Å². The predicted molar refractivity (Wildman–Crippen MR) is 99.8 cm³/mol. The second-order valence-corrected chi connectivity index (χ2v) is 7.14. The van der Waals surface area contributed by atoms with Crippen LogP contribution in [0, 0.1) is 6.92 Å². The first-order valence-electron chi connectivity index (χ1n) is 7.46. The molecule has 0 fully saturated rings. The second kappa shape index (κ2) is 9.11. The van der Waals surface area contributed by atoms with Crippen molar-refractivity contribution in [3.8, 4) is 0 Å². The summed E-state index contributed by atoms with van der Waals surface area (Å²) in [5, 5.41) is 8.94. The van der Waals surface area contributed by atoms with Crippen molar-refractivity contribution in [2.24, 2.45) is 4.99 Å². The Bertz CT molecular complexity index is 670. The number of hydrogen-bond donors (Lipinski definition) is 2. The van der Waals surface area contributed by atoms with Crippen molar-refractivity contribution >= 4 is 40.5 Å². The lowest BCUT2D eigenvalue weighted by atomic mass is 10.2. The number of aromatic nitrogens is 1. The molecule has 2 aromatic rings. The highest BCUT2D eigenvalue weighted by atomic mass is 35.5. The summed E-state index contributed by atoms with van der Waals surface area (Å²) in [7, 11) is 0. The molecule has 0 aliphatic rings. The van der Waals surface area contributed by atoms with Gasteiger partial charge in [-0.2, -0.15) is 0 Å². The first kappa shape index (κ1) is 18.0. The molecule has 0 amide bonds. The molecule has 0 unspecified atom stereocenters. The van der Waals surface area contributed by atoms with Crippen LogP contribution in [0.15, 0.2) is 29.4 Å². The van der Waals surface area contributed by atoms with E-state index < -0.39 is 0 Å². The molecule has 0 saturated carbocycles. The second-order valence-electron chi connectivity index (χ2n) is 4.97. The smallest absolute Gasteiger partial charge is 0.191 e. The summed E-state index contributed by atoms with van der Waals surface area (Å²) in [5.41, 5.74) is 0.948. The van der Waals surface area contributed by atoms with Crippen molar-refractivity contribution in [3.63, 3.8) is 0 Å². The Kier molecular flexibility index (Phi) is 7.15. The highest BCUT2D eigenvalue weighted by molar-refractivity contribution is 7.11. The van der Waals surface area contributed by atoms with Gasteiger partial charge in [-0.1, -0.05) is 29.3 Å². The maximum Gasteiger partial charge on any atom is 0.191 e. The molecule has 1 heterocycles. The predicted octanol–water partition coefficient (Wildman–Crippen LogP) is 4.06. The zero-order valence-corrected chi connectivity index (χ0v) is 15.5. The third kappa shape index (κ3) is 6.01. The van der Waals surface area contributed by atoms with Crippen molar-refractivity contribution in [2.75, 3.05) is 13.1 Å². The Hall–Kier alpha value is -1.30. The number of thiazole rings is 1. The number of benzene rings is 1. The standard InChI is InChI=1S/C16H20Cl2N4S/c1-3-19-16(20-7-6-15-21-9-11(2)23-15)22-10-12-4-5-13(17)8-14(12)18/h4-5,8-9H,3,6-7,10H2,1-2H3,(H2,19,20,22). The van der Waals surface area contributed by atoms with Gasteiger partial charge in [-0.15, -0.1) is 11.3 Å². The summed E-state index contributed by atoms with van der Waals surface area (Å²) in [5.74, 6) is 0.770. The molecule has 7 heteroatoms. The van der Waals surface area contributed by atoms with Gasteiger partial charge in [0.2, 0.25) is 0 Å². The zero-order chi connectivity index (χ0) is 16.7. The Morgan fingerprint density at radius 3 is 2.78 bits per heavy atom. The zero-order valence-electron chi connectivity index (χ0n) is 13.2. The third-order valence-electron chi connectivity index (χ3n) is 3.07. The lowest BCUT2D eigenvalue weighted by Crippen LogP contribution is -2.38. The fourth-order valence-corrected chi connectivity index (χ4v) is 3.22. The van der Waals surface area contributed by atoms with E-state index >= 15 is 0 Å². The van der Waals surface area contributed by atoms with Gasteiger partial charge in [-0.05, 0) is 31.5 Å². The van der Waals surface area contributed by atoms with E-state index in [0.717, 1.165) is 36.0 Å². The van der Waals surface area contributed by atoms with Crippen molar-refractivity contribution in [1.82, 2.24) is 15.6 Å². The molecule has 124 valence electrons. The van der Waals surface area contributed by atoms with Crippen molar-refractivity contribution < 1.29 is 0 Å². The van der Waals surface area contributed by atoms with E-state index in [1.165, 1.54) is 4.88 Å². The Morgan fingerprint density at radius 1 is 1.30 bits per heavy atom. The minimum Gasteiger partial charge on any atom is -0.357 e. The summed E-state index contributed by atoms with van der Waals surface area (Å²) >= 11 is 13.8. The molecule has 0 spiro atoms. The fraction of sp³-hybridized carbons (Fsp3) is 0.375. The quantitative estimate of drug-likeness (QED) is 0.595. The number of hydrogen-bond acceptors (Lipinski definition) is 3. The number of aliphatic imine (C=N–C) groups is 1. The molecule has 2 N–H and O–H groups in total. The monoisotopic (exact) mass is 370 g/mol. The van der Waals surface area contributed by atoms with E-state index in [1.807, 2.05) is 25.3 Å². The normalized spacial score (nSPS) is 11.6.